The fraction of sp³-hybridized carbons (Fsp3) is 0.583. The third kappa shape index (κ3) is 2.09. The quantitative estimate of drug-likeness (QED) is 0.847. The molecule has 0 unspecified atom stereocenters. The molecule has 92 valence electrons. The van der Waals surface area contributed by atoms with E-state index in [4.69, 9.17) is 0 Å². The summed E-state index contributed by atoms with van der Waals surface area (Å²) in [6.07, 6.45) is 1.76. The number of nitrogens with zero attached hydrogens (tertiary/aromatic N) is 3. The van der Waals surface area contributed by atoms with Gasteiger partial charge in [-0.2, -0.15) is 0 Å². The summed E-state index contributed by atoms with van der Waals surface area (Å²) in [6.45, 7) is 8.38. The van der Waals surface area contributed by atoms with Gasteiger partial charge in [0.25, 0.3) is 0 Å². The fourth-order valence-electron chi connectivity index (χ4n) is 1.88. The van der Waals surface area contributed by atoms with E-state index in [2.05, 4.69) is 15.3 Å². The second-order valence-corrected chi connectivity index (χ2v) is 4.83. The lowest BCUT2D eigenvalue weighted by molar-refractivity contribution is -0.117. The highest BCUT2D eigenvalue weighted by atomic mass is 16.2. The first-order valence-electron chi connectivity index (χ1n) is 5.93. The van der Waals surface area contributed by atoms with Crippen molar-refractivity contribution in [3.05, 3.63) is 12.0 Å². The highest BCUT2D eigenvalue weighted by Gasteiger charge is 2.28. The van der Waals surface area contributed by atoms with Gasteiger partial charge in [-0.25, -0.2) is 9.97 Å². The molecular formula is C12H18N4O. The SMILES string of the molecule is CC(C)c1ncc2c(n1)N(C(C)C)C(=O)CN2. The van der Waals surface area contributed by atoms with Crippen molar-refractivity contribution in [1.29, 1.82) is 0 Å². The molecule has 1 amide bonds. The zero-order chi connectivity index (χ0) is 12.6. The summed E-state index contributed by atoms with van der Waals surface area (Å²) in [7, 11) is 0. The smallest absolute Gasteiger partial charge is 0.247 e. The number of rotatable bonds is 2. The van der Waals surface area contributed by atoms with Gasteiger partial charge < -0.3 is 5.32 Å². The predicted molar refractivity (Wildman–Crippen MR) is 67.2 cm³/mol. The number of nitrogens with one attached hydrogen (secondary N) is 1. The number of hydrogen-bond acceptors (Lipinski definition) is 4. The van der Waals surface area contributed by atoms with Crippen LogP contribution in [0.5, 0.6) is 0 Å². The molecule has 0 spiro atoms. The Bertz CT molecular complexity index is 442. The Morgan fingerprint density at radius 3 is 2.65 bits per heavy atom. The second kappa shape index (κ2) is 4.31. The largest absolute Gasteiger partial charge is 0.372 e. The Morgan fingerprint density at radius 2 is 2.06 bits per heavy atom. The molecule has 1 N–H and O–H groups in total. The van der Waals surface area contributed by atoms with Crippen LogP contribution < -0.4 is 10.2 Å². The van der Waals surface area contributed by atoms with Gasteiger partial charge in [0.05, 0.1) is 18.4 Å². The van der Waals surface area contributed by atoms with Gasteiger partial charge in [-0.3, -0.25) is 9.69 Å². The summed E-state index contributed by atoms with van der Waals surface area (Å²) in [5.74, 6) is 1.79. The zero-order valence-electron chi connectivity index (χ0n) is 10.7. The van der Waals surface area contributed by atoms with Gasteiger partial charge in [0.1, 0.15) is 5.82 Å². The van der Waals surface area contributed by atoms with Crippen LogP contribution in [-0.2, 0) is 4.79 Å². The van der Waals surface area contributed by atoms with Crippen molar-refractivity contribution in [2.24, 2.45) is 0 Å². The van der Waals surface area contributed by atoms with Crippen molar-refractivity contribution in [2.75, 3.05) is 16.8 Å². The fourth-order valence-corrected chi connectivity index (χ4v) is 1.88. The number of carbonyl (C=O) groups excluding carboxylic acids is 1. The summed E-state index contributed by atoms with van der Waals surface area (Å²) >= 11 is 0. The maximum absolute atomic E-state index is 11.9. The Morgan fingerprint density at radius 1 is 1.35 bits per heavy atom. The molecule has 1 aromatic heterocycles. The molecule has 2 rings (SSSR count). The van der Waals surface area contributed by atoms with Crippen molar-refractivity contribution in [2.45, 2.75) is 39.7 Å². The number of fused-ring (bicyclic) bond motifs is 1. The topological polar surface area (TPSA) is 58.1 Å². The van der Waals surface area contributed by atoms with Crippen molar-refractivity contribution >= 4 is 17.4 Å². The second-order valence-electron chi connectivity index (χ2n) is 4.83. The lowest BCUT2D eigenvalue weighted by Crippen LogP contribution is -2.45. The molecule has 2 heterocycles. The summed E-state index contributed by atoms with van der Waals surface area (Å²) in [4.78, 5) is 22.4. The van der Waals surface area contributed by atoms with E-state index >= 15 is 0 Å². The lowest BCUT2D eigenvalue weighted by atomic mass is 10.2. The molecule has 17 heavy (non-hydrogen) atoms. The van der Waals surface area contributed by atoms with Crippen molar-refractivity contribution < 1.29 is 4.79 Å². The van der Waals surface area contributed by atoms with Gasteiger partial charge in [-0.15, -0.1) is 0 Å². The molecule has 0 saturated carbocycles. The average molecular weight is 234 g/mol. The summed E-state index contributed by atoms with van der Waals surface area (Å²) in [5.41, 5.74) is 0.836. The Kier molecular flexibility index (Phi) is 3.00. The minimum atomic E-state index is 0.0564. The van der Waals surface area contributed by atoms with Crippen LogP contribution in [0.4, 0.5) is 11.5 Å². The van der Waals surface area contributed by atoms with Gasteiger partial charge in [0, 0.05) is 12.0 Å². The van der Waals surface area contributed by atoms with Gasteiger partial charge in [0.15, 0.2) is 5.82 Å². The van der Waals surface area contributed by atoms with E-state index in [0.717, 1.165) is 11.5 Å². The Hall–Kier alpha value is -1.65. The van der Waals surface area contributed by atoms with Crippen LogP contribution in [-0.4, -0.2) is 28.5 Å². The monoisotopic (exact) mass is 234 g/mol. The highest BCUT2D eigenvalue weighted by Crippen LogP contribution is 2.29. The minimum absolute atomic E-state index is 0.0564. The third-order valence-electron chi connectivity index (χ3n) is 2.75. The first-order valence-corrected chi connectivity index (χ1v) is 5.93. The lowest BCUT2D eigenvalue weighted by Gasteiger charge is -2.32. The van der Waals surface area contributed by atoms with Crippen LogP contribution in [0.25, 0.3) is 0 Å². The predicted octanol–water partition coefficient (Wildman–Crippen LogP) is 1.77. The third-order valence-corrected chi connectivity index (χ3v) is 2.75. The van der Waals surface area contributed by atoms with Gasteiger partial charge >= 0.3 is 0 Å². The van der Waals surface area contributed by atoms with Crippen molar-refractivity contribution in [3.8, 4) is 0 Å². The minimum Gasteiger partial charge on any atom is -0.372 e. The highest BCUT2D eigenvalue weighted by molar-refractivity contribution is 6.01. The van der Waals surface area contributed by atoms with Crippen LogP contribution in [0, 0.1) is 0 Å². The van der Waals surface area contributed by atoms with E-state index in [1.54, 1.807) is 11.1 Å². The summed E-state index contributed by atoms with van der Waals surface area (Å²) in [5, 5.41) is 3.05. The van der Waals surface area contributed by atoms with Crippen molar-refractivity contribution in [3.63, 3.8) is 0 Å². The van der Waals surface area contributed by atoms with E-state index in [0.29, 0.717) is 12.4 Å². The van der Waals surface area contributed by atoms with Crippen LogP contribution in [0.15, 0.2) is 6.20 Å². The molecule has 0 radical (unpaired) electrons. The summed E-state index contributed by atoms with van der Waals surface area (Å²) < 4.78 is 0. The molecule has 1 aliphatic rings. The Balaban J connectivity index is 2.48. The normalized spacial score (nSPS) is 15.2. The number of anilines is 2. The van der Waals surface area contributed by atoms with Gasteiger partial charge in [-0.1, -0.05) is 13.8 Å². The average Bonchev–Trinajstić information content (AvgIpc) is 2.27. The Labute approximate surface area is 101 Å². The van der Waals surface area contributed by atoms with E-state index in [9.17, 15) is 4.79 Å². The van der Waals surface area contributed by atoms with Crippen LogP contribution in [0.2, 0.25) is 0 Å². The molecule has 0 bridgehead atoms. The molecule has 0 saturated heterocycles. The number of amides is 1. The first kappa shape index (κ1) is 11.8. The molecule has 0 aromatic carbocycles. The molecule has 5 nitrogen and oxygen atoms in total. The molecule has 5 heteroatoms. The van der Waals surface area contributed by atoms with Crippen molar-refractivity contribution in [1.82, 2.24) is 9.97 Å². The zero-order valence-corrected chi connectivity index (χ0v) is 10.7. The van der Waals surface area contributed by atoms with E-state index < -0.39 is 0 Å². The molecule has 1 aliphatic heterocycles. The first-order chi connectivity index (χ1) is 8.00. The van der Waals surface area contributed by atoms with Gasteiger partial charge in [0.2, 0.25) is 5.91 Å². The maximum Gasteiger partial charge on any atom is 0.247 e. The van der Waals surface area contributed by atoms with Crippen LogP contribution in [0.1, 0.15) is 39.4 Å². The number of hydrogen-bond donors (Lipinski definition) is 1. The summed E-state index contributed by atoms with van der Waals surface area (Å²) in [6, 6.07) is 0.110. The molecule has 0 aliphatic carbocycles. The van der Waals surface area contributed by atoms with E-state index in [1.165, 1.54) is 0 Å². The molecule has 0 fully saturated rings. The maximum atomic E-state index is 11.9. The van der Waals surface area contributed by atoms with Crippen LogP contribution >= 0.6 is 0 Å². The van der Waals surface area contributed by atoms with Gasteiger partial charge in [-0.05, 0) is 13.8 Å². The van der Waals surface area contributed by atoms with Crippen LogP contribution in [0.3, 0.4) is 0 Å². The number of aromatic nitrogens is 2. The molecule has 0 atom stereocenters. The van der Waals surface area contributed by atoms with E-state index in [-0.39, 0.29) is 17.9 Å². The molecule has 1 aromatic rings. The molecular weight excluding hydrogens is 216 g/mol. The number of carbonyl (C=O) groups is 1. The van der Waals surface area contributed by atoms with E-state index in [1.807, 2.05) is 27.7 Å². The standard InChI is InChI=1S/C12H18N4O/c1-7(2)11-14-5-9-12(15-11)16(8(3)4)10(17)6-13-9/h5,7-8,13H,6H2,1-4H3.